The number of fused-ring (bicyclic) bond motifs is 6. The van der Waals surface area contributed by atoms with Crippen LogP contribution in [-0.4, -0.2) is 52.8 Å². The molecule has 1 N–H and O–H groups in total. The molecule has 2 saturated heterocycles. The standard InChI is InChI=1S/C31H48ClNO2/c1-5-21-17-31(20(3)29-28(35-31)14-19(2)18-33(29)13-12-32)11-9-24-25-7-6-22-15-23(34)8-10-30(22,4)27(25)16-26(21)24/h6,19-20,23-25,27-29,34H,5,7-18H2,1-4H3/t19?,20-,23?,24+,25?,27+,28-,29+,30?,31?/m1/s1. The van der Waals surface area contributed by atoms with Gasteiger partial charge in [0.25, 0.3) is 0 Å². The molecule has 2 aliphatic heterocycles. The minimum atomic E-state index is -0.117. The molecule has 6 rings (SSSR count). The van der Waals surface area contributed by atoms with E-state index in [2.05, 4.69) is 38.7 Å². The minimum Gasteiger partial charge on any atom is -0.393 e. The molecule has 6 aliphatic rings. The zero-order valence-electron chi connectivity index (χ0n) is 22.6. The van der Waals surface area contributed by atoms with Crippen LogP contribution in [0.15, 0.2) is 22.8 Å². The van der Waals surface area contributed by atoms with Gasteiger partial charge in [0.05, 0.1) is 17.8 Å². The van der Waals surface area contributed by atoms with Crippen molar-refractivity contribution in [2.24, 2.45) is 35.0 Å². The van der Waals surface area contributed by atoms with E-state index in [4.69, 9.17) is 16.3 Å². The Hall–Kier alpha value is -0.350. The first-order valence-electron chi connectivity index (χ1n) is 14.9. The van der Waals surface area contributed by atoms with E-state index in [0.29, 0.717) is 29.4 Å². The van der Waals surface area contributed by atoms with Crippen LogP contribution in [0.25, 0.3) is 0 Å². The Morgan fingerprint density at radius 3 is 2.80 bits per heavy atom. The lowest BCUT2D eigenvalue weighted by Gasteiger charge is -2.49. The van der Waals surface area contributed by atoms with Crippen LogP contribution in [0.4, 0.5) is 0 Å². The lowest BCUT2D eigenvalue weighted by atomic mass is 9.56. The summed E-state index contributed by atoms with van der Waals surface area (Å²) < 4.78 is 7.23. The van der Waals surface area contributed by atoms with Crippen LogP contribution < -0.4 is 0 Å². The van der Waals surface area contributed by atoms with Crippen molar-refractivity contribution in [3.8, 4) is 0 Å². The van der Waals surface area contributed by atoms with E-state index in [-0.39, 0.29) is 11.7 Å². The van der Waals surface area contributed by atoms with Crippen molar-refractivity contribution in [1.82, 2.24) is 4.90 Å². The molecule has 5 unspecified atom stereocenters. The number of allylic oxidation sites excluding steroid dienone is 2. The molecule has 0 aromatic heterocycles. The maximum absolute atomic E-state index is 10.4. The minimum absolute atomic E-state index is 0.0106. The second-order valence-corrected chi connectivity index (χ2v) is 14.0. The Bertz CT molecular complexity index is 898. The van der Waals surface area contributed by atoms with Crippen molar-refractivity contribution in [2.75, 3.05) is 19.0 Å². The highest BCUT2D eigenvalue weighted by Crippen LogP contribution is 2.64. The van der Waals surface area contributed by atoms with E-state index in [1.807, 2.05) is 5.57 Å². The zero-order chi connectivity index (χ0) is 24.5. The average molecular weight is 502 g/mol. The van der Waals surface area contributed by atoms with Crippen molar-refractivity contribution >= 4 is 11.6 Å². The van der Waals surface area contributed by atoms with Gasteiger partial charge in [-0.25, -0.2) is 0 Å². The number of aliphatic hydroxyl groups is 1. The summed E-state index contributed by atoms with van der Waals surface area (Å²) in [5.41, 5.74) is 5.47. The van der Waals surface area contributed by atoms with Gasteiger partial charge in [-0.05, 0) is 93.3 Å². The van der Waals surface area contributed by atoms with Crippen molar-refractivity contribution in [3.05, 3.63) is 22.8 Å². The molecule has 0 bridgehead atoms. The number of ether oxygens (including phenoxy) is 1. The largest absolute Gasteiger partial charge is 0.393 e. The maximum Gasteiger partial charge on any atom is 0.0765 e. The molecule has 0 amide bonds. The summed E-state index contributed by atoms with van der Waals surface area (Å²) in [6, 6.07) is 0.534. The maximum atomic E-state index is 10.4. The van der Waals surface area contributed by atoms with Crippen LogP contribution in [0.5, 0.6) is 0 Å². The number of piperidine rings is 1. The molecule has 0 aromatic rings. The van der Waals surface area contributed by atoms with Gasteiger partial charge in [-0.15, -0.1) is 11.6 Å². The quantitative estimate of drug-likeness (QED) is 0.343. The van der Waals surface area contributed by atoms with Crippen LogP contribution in [0, 0.1) is 35.0 Å². The lowest BCUT2D eigenvalue weighted by molar-refractivity contribution is -0.0791. The molecule has 35 heavy (non-hydrogen) atoms. The lowest BCUT2D eigenvalue weighted by Crippen LogP contribution is -2.52. The number of hydrogen-bond acceptors (Lipinski definition) is 3. The predicted octanol–water partition coefficient (Wildman–Crippen LogP) is 6.73. The molecule has 10 atom stereocenters. The summed E-state index contributed by atoms with van der Waals surface area (Å²) >= 11 is 6.26. The van der Waals surface area contributed by atoms with Gasteiger partial charge in [-0.3, -0.25) is 4.90 Å². The van der Waals surface area contributed by atoms with E-state index in [0.717, 1.165) is 49.4 Å². The van der Waals surface area contributed by atoms with E-state index >= 15 is 0 Å². The molecule has 0 radical (unpaired) electrons. The number of aliphatic hydroxyl groups excluding tert-OH is 1. The summed E-state index contributed by atoms with van der Waals surface area (Å²) in [5.74, 6) is 4.28. The fraction of sp³-hybridized carbons (Fsp3) is 0.871. The molecule has 4 fully saturated rings. The van der Waals surface area contributed by atoms with Gasteiger partial charge < -0.3 is 9.84 Å². The SMILES string of the molecule is CCC1=C2C[C@H]3C(CC=C4CC(O)CCC43C)[C@@H]2CCC2(C1)O[C@@H]1CC(C)CN(CCCl)[C@H]1[C@H]2C. The third kappa shape index (κ3) is 3.84. The van der Waals surface area contributed by atoms with E-state index in [1.54, 1.807) is 11.1 Å². The summed E-state index contributed by atoms with van der Waals surface area (Å²) in [7, 11) is 0. The topological polar surface area (TPSA) is 32.7 Å². The molecule has 196 valence electrons. The van der Waals surface area contributed by atoms with Gasteiger partial charge in [0.15, 0.2) is 0 Å². The highest BCUT2D eigenvalue weighted by molar-refractivity contribution is 6.18. The number of hydrogen-bond donors (Lipinski definition) is 1. The third-order valence-corrected chi connectivity index (χ3v) is 12.1. The van der Waals surface area contributed by atoms with E-state index in [9.17, 15) is 5.11 Å². The Morgan fingerprint density at radius 1 is 1.20 bits per heavy atom. The Morgan fingerprint density at radius 2 is 2.03 bits per heavy atom. The molecule has 0 aromatic carbocycles. The van der Waals surface area contributed by atoms with Crippen LogP contribution >= 0.6 is 11.6 Å². The van der Waals surface area contributed by atoms with Crippen LogP contribution in [0.3, 0.4) is 0 Å². The number of nitrogens with zero attached hydrogens (tertiary/aromatic N) is 1. The highest BCUT2D eigenvalue weighted by Gasteiger charge is 2.59. The number of halogens is 1. The van der Waals surface area contributed by atoms with Crippen LogP contribution in [-0.2, 0) is 4.74 Å². The highest BCUT2D eigenvalue weighted by atomic mass is 35.5. The number of alkyl halides is 1. The molecular weight excluding hydrogens is 454 g/mol. The summed E-state index contributed by atoms with van der Waals surface area (Å²) in [6.45, 7) is 12.0. The summed E-state index contributed by atoms with van der Waals surface area (Å²) in [5, 5.41) is 10.4. The smallest absolute Gasteiger partial charge is 0.0765 e. The van der Waals surface area contributed by atoms with Gasteiger partial charge in [0, 0.05) is 30.9 Å². The first-order chi connectivity index (χ1) is 16.8. The summed E-state index contributed by atoms with van der Waals surface area (Å²) in [6.07, 6.45) is 14.5. The van der Waals surface area contributed by atoms with E-state index < -0.39 is 0 Å². The fourth-order valence-electron chi connectivity index (χ4n) is 10.1. The van der Waals surface area contributed by atoms with Crippen molar-refractivity contribution < 1.29 is 9.84 Å². The molecule has 3 nitrogen and oxygen atoms in total. The van der Waals surface area contributed by atoms with Gasteiger partial charge in [0.2, 0.25) is 0 Å². The zero-order valence-corrected chi connectivity index (χ0v) is 23.3. The normalized spacial score (nSPS) is 49.8. The van der Waals surface area contributed by atoms with Crippen molar-refractivity contribution in [3.63, 3.8) is 0 Å². The molecular formula is C31H48ClNO2. The van der Waals surface area contributed by atoms with E-state index in [1.165, 1.54) is 51.5 Å². The Kier molecular flexibility index (Phi) is 6.52. The average Bonchev–Trinajstić information content (AvgIpc) is 3.27. The fourth-order valence-corrected chi connectivity index (χ4v) is 10.3. The first-order valence-corrected chi connectivity index (χ1v) is 15.4. The van der Waals surface area contributed by atoms with Crippen molar-refractivity contribution in [2.45, 2.75) is 116 Å². The van der Waals surface area contributed by atoms with Gasteiger partial charge >= 0.3 is 0 Å². The second kappa shape index (κ2) is 9.14. The van der Waals surface area contributed by atoms with Gasteiger partial charge in [0.1, 0.15) is 0 Å². The van der Waals surface area contributed by atoms with Crippen LogP contribution in [0.2, 0.25) is 0 Å². The number of rotatable bonds is 3. The Balaban J connectivity index is 1.30. The molecule has 4 heteroatoms. The molecule has 4 aliphatic carbocycles. The third-order valence-electron chi connectivity index (χ3n) is 11.9. The summed E-state index contributed by atoms with van der Waals surface area (Å²) in [4.78, 5) is 2.68. The molecule has 2 saturated carbocycles. The van der Waals surface area contributed by atoms with Gasteiger partial charge in [-0.1, -0.05) is 50.5 Å². The van der Waals surface area contributed by atoms with Crippen LogP contribution in [0.1, 0.15) is 91.9 Å². The monoisotopic (exact) mass is 501 g/mol. The molecule has 1 spiro atoms. The number of likely N-dealkylation sites (tertiary alicyclic amines) is 1. The first kappa shape index (κ1) is 25.0. The predicted molar refractivity (Wildman–Crippen MR) is 144 cm³/mol. The van der Waals surface area contributed by atoms with Crippen molar-refractivity contribution in [1.29, 1.82) is 0 Å². The van der Waals surface area contributed by atoms with Gasteiger partial charge in [-0.2, -0.15) is 0 Å². The second-order valence-electron chi connectivity index (χ2n) is 13.6. The molecule has 2 heterocycles. The Labute approximate surface area is 218 Å².